The molecule has 4 N–H and O–H groups in total. The highest BCUT2D eigenvalue weighted by atomic mass is 32.1. The van der Waals surface area contributed by atoms with E-state index in [-0.39, 0.29) is 4.91 Å². The molecule has 1 amide bonds. The summed E-state index contributed by atoms with van der Waals surface area (Å²) in [5.74, 6) is -0.590. The van der Waals surface area contributed by atoms with Crippen molar-refractivity contribution in [1.82, 2.24) is 0 Å². The Labute approximate surface area is 53.1 Å². The molecule has 46 valence electrons. The SMILES string of the molecule is C/C(N)=C(/S)C(N)=O. The Morgan fingerprint density at radius 1 is 1.50 bits per heavy atom. The number of rotatable bonds is 1. The molecule has 0 saturated heterocycles. The summed E-state index contributed by atoms with van der Waals surface area (Å²) in [4.78, 5) is 10.3. The van der Waals surface area contributed by atoms with Crippen LogP contribution in [-0.2, 0) is 4.79 Å². The fourth-order valence-electron chi connectivity index (χ4n) is 0.194. The number of nitrogens with two attached hydrogens (primary N) is 2. The minimum atomic E-state index is -0.590. The first-order valence-electron chi connectivity index (χ1n) is 2.01. The quantitative estimate of drug-likeness (QED) is 0.335. The highest BCUT2D eigenvalue weighted by molar-refractivity contribution is 7.85. The maximum Gasteiger partial charge on any atom is 0.256 e. The van der Waals surface area contributed by atoms with Crippen molar-refractivity contribution < 1.29 is 4.79 Å². The van der Waals surface area contributed by atoms with E-state index >= 15 is 0 Å². The molecule has 0 bridgehead atoms. The molecule has 0 saturated carbocycles. The van der Waals surface area contributed by atoms with Crippen LogP contribution in [-0.4, -0.2) is 5.91 Å². The first kappa shape index (κ1) is 7.36. The number of hydrogen-bond donors (Lipinski definition) is 3. The summed E-state index contributed by atoms with van der Waals surface area (Å²) >= 11 is 3.70. The van der Waals surface area contributed by atoms with E-state index in [0.29, 0.717) is 5.70 Å². The maximum absolute atomic E-state index is 10.1. The predicted octanol–water partition coefficient (Wildman–Crippen LogP) is -0.408. The zero-order valence-electron chi connectivity index (χ0n) is 4.51. The molecule has 0 atom stereocenters. The normalized spacial score (nSPS) is 12.8. The highest BCUT2D eigenvalue weighted by Gasteiger charge is 1.98. The van der Waals surface area contributed by atoms with E-state index in [1.54, 1.807) is 6.92 Å². The second-order valence-electron chi connectivity index (χ2n) is 1.40. The minimum Gasteiger partial charge on any atom is -0.401 e. The molecule has 4 heteroatoms. The Morgan fingerprint density at radius 2 is 1.88 bits per heavy atom. The molecule has 8 heavy (non-hydrogen) atoms. The van der Waals surface area contributed by atoms with Crippen molar-refractivity contribution in [3.05, 3.63) is 10.6 Å². The molecule has 0 aliphatic carbocycles. The third-order valence-corrected chi connectivity index (χ3v) is 1.18. The summed E-state index contributed by atoms with van der Waals surface area (Å²) in [6.45, 7) is 1.56. The fourth-order valence-corrected chi connectivity index (χ4v) is 0.194. The number of thiol groups is 1. The molecule has 0 rings (SSSR count). The molecule has 3 nitrogen and oxygen atoms in total. The Bertz CT molecular complexity index is 137. The minimum absolute atomic E-state index is 0.130. The first-order valence-corrected chi connectivity index (χ1v) is 2.45. The Kier molecular flexibility index (Phi) is 2.41. The van der Waals surface area contributed by atoms with Gasteiger partial charge in [-0.15, -0.1) is 12.6 Å². The summed E-state index contributed by atoms with van der Waals surface area (Å²) in [5.41, 5.74) is 10.3. The van der Waals surface area contributed by atoms with E-state index in [4.69, 9.17) is 11.5 Å². The van der Waals surface area contributed by atoms with Gasteiger partial charge < -0.3 is 11.5 Å². The number of primary amides is 1. The van der Waals surface area contributed by atoms with Crippen LogP contribution in [0.25, 0.3) is 0 Å². The Balaban J connectivity index is 4.23. The third kappa shape index (κ3) is 1.88. The Morgan fingerprint density at radius 3 is 1.88 bits per heavy atom. The van der Waals surface area contributed by atoms with Crippen molar-refractivity contribution in [2.24, 2.45) is 11.5 Å². The van der Waals surface area contributed by atoms with Gasteiger partial charge >= 0.3 is 0 Å². The van der Waals surface area contributed by atoms with Crippen molar-refractivity contribution in [2.75, 3.05) is 0 Å². The van der Waals surface area contributed by atoms with Crippen molar-refractivity contribution in [3.8, 4) is 0 Å². The lowest BCUT2D eigenvalue weighted by Gasteiger charge is -1.93. The Hall–Kier alpha value is -0.640. The fraction of sp³-hybridized carbons (Fsp3) is 0.250. The standard InChI is InChI=1S/C4H8N2OS/c1-2(5)3(8)4(6)7/h8H,5H2,1H3,(H2,6,7)/b3-2-. The van der Waals surface area contributed by atoms with Gasteiger partial charge in [0.25, 0.3) is 5.91 Å². The van der Waals surface area contributed by atoms with Crippen LogP contribution in [0, 0.1) is 0 Å². The second kappa shape index (κ2) is 2.61. The molecular formula is C4H8N2OS. The number of allylic oxidation sites excluding steroid dienone is 1. The molecule has 0 aliphatic heterocycles. The molecule has 0 fully saturated rings. The van der Waals surface area contributed by atoms with Gasteiger partial charge in [0, 0.05) is 5.70 Å². The zero-order valence-corrected chi connectivity index (χ0v) is 5.40. The first-order chi connectivity index (χ1) is 3.55. The summed E-state index contributed by atoms with van der Waals surface area (Å²) < 4.78 is 0. The van der Waals surface area contributed by atoms with Crippen LogP contribution < -0.4 is 11.5 Å². The van der Waals surface area contributed by atoms with Gasteiger partial charge in [0.2, 0.25) is 0 Å². The topological polar surface area (TPSA) is 69.1 Å². The van der Waals surface area contributed by atoms with Crippen LogP contribution in [0.5, 0.6) is 0 Å². The lowest BCUT2D eigenvalue weighted by Crippen LogP contribution is -2.13. The third-order valence-electron chi connectivity index (χ3n) is 0.607. The molecule has 0 heterocycles. The zero-order chi connectivity index (χ0) is 6.73. The molecule has 0 radical (unpaired) electrons. The summed E-state index contributed by atoms with van der Waals surface area (Å²) in [7, 11) is 0. The van der Waals surface area contributed by atoms with Gasteiger partial charge in [-0.2, -0.15) is 0 Å². The smallest absolute Gasteiger partial charge is 0.256 e. The number of hydrogen-bond acceptors (Lipinski definition) is 3. The molecule has 0 aromatic carbocycles. The van der Waals surface area contributed by atoms with E-state index < -0.39 is 5.91 Å². The van der Waals surface area contributed by atoms with E-state index in [2.05, 4.69) is 12.6 Å². The van der Waals surface area contributed by atoms with Crippen LogP contribution in [0.1, 0.15) is 6.92 Å². The van der Waals surface area contributed by atoms with Gasteiger partial charge in [0.15, 0.2) is 0 Å². The van der Waals surface area contributed by atoms with Crippen molar-refractivity contribution in [3.63, 3.8) is 0 Å². The lowest BCUT2D eigenvalue weighted by molar-refractivity contribution is -0.113. The second-order valence-corrected chi connectivity index (χ2v) is 1.84. The average Bonchev–Trinajstić information content (AvgIpc) is 1.64. The molecule has 0 aliphatic rings. The van der Waals surface area contributed by atoms with Crippen molar-refractivity contribution in [2.45, 2.75) is 6.92 Å². The highest BCUT2D eigenvalue weighted by Crippen LogP contribution is 2.00. The molecular weight excluding hydrogens is 124 g/mol. The van der Waals surface area contributed by atoms with Gasteiger partial charge in [0.05, 0.1) is 4.91 Å². The monoisotopic (exact) mass is 132 g/mol. The average molecular weight is 132 g/mol. The van der Waals surface area contributed by atoms with E-state index in [1.807, 2.05) is 0 Å². The lowest BCUT2D eigenvalue weighted by atomic mass is 10.4. The van der Waals surface area contributed by atoms with Crippen LogP contribution in [0.2, 0.25) is 0 Å². The number of amides is 1. The van der Waals surface area contributed by atoms with Gasteiger partial charge in [-0.25, -0.2) is 0 Å². The van der Waals surface area contributed by atoms with Crippen LogP contribution >= 0.6 is 12.6 Å². The van der Waals surface area contributed by atoms with E-state index in [1.165, 1.54) is 0 Å². The van der Waals surface area contributed by atoms with Crippen LogP contribution in [0.15, 0.2) is 10.6 Å². The molecule has 0 aromatic rings. The van der Waals surface area contributed by atoms with E-state index in [9.17, 15) is 4.79 Å². The van der Waals surface area contributed by atoms with Gasteiger partial charge in [0.1, 0.15) is 0 Å². The van der Waals surface area contributed by atoms with Crippen LogP contribution in [0.4, 0.5) is 0 Å². The van der Waals surface area contributed by atoms with Crippen molar-refractivity contribution in [1.29, 1.82) is 0 Å². The maximum atomic E-state index is 10.1. The molecule has 0 spiro atoms. The van der Waals surface area contributed by atoms with Gasteiger partial charge in [-0.05, 0) is 6.92 Å². The largest absolute Gasteiger partial charge is 0.401 e. The number of carbonyl (C=O) groups excluding carboxylic acids is 1. The summed E-state index contributed by atoms with van der Waals surface area (Å²) in [5, 5.41) is 0. The summed E-state index contributed by atoms with van der Waals surface area (Å²) in [6, 6.07) is 0. The van der Waals surface area contributed by atoms with Gasteiger partial charge in [-0.3, -0.25) is 4.79 Å². The van der Waals surface area contributed by atoms with Gasteiger partial charge in [-0.1, -0.05) is 0 Å². The predicted molar refractivity (Wildman–Crippen MR) is 35.1 cm³/mol. The molecule has 0 unspecified atom stereocenters. The molecule has 0 aromatic heterocycles. The van der Waals surface area contributed by atoms with E-state index in [0.717, 1.165) is 0 Å². The summed E-state index contributed by atoms with van der Waals surface area (Å²) in [6.07, 6.45) is 0. The van der Waals surface area contributed by atoms with Crippen molar-refractivity contribution >= 4 is 18.5 Å². The number of carbonyl (C=O) groups is 1. The van der Waals surface area contributed by atoms with Crippen LogP contribution in [0.3, 0.4) is 0 Å².